The first kappa shape index (κ1) is 9.36. The fraction of sp³-hybridized carbons (Fsp3) is 0.333. The first-order chi connectivity index (χ1) is 6.81. The maximum Gasteiger partial charge on any atom is 0.168 e. The summed E-state index contributed by atoms with van der Waals surface area (Å²) in [6.45, 7) is 0.556. The van der Waals surface area contributed by atoms with Crippen molar-refractivity contribution in [1.29, 1.82) is 0 Å². The predicted molar refractivity (Wildman–Crippen MR) is 55.0 cm³/mol. The normalized spacial score (nSPS) is 10.7. The molecule has 14 heavy (non-hydrogen) atoms. The van der Waals surface area contributed by atoms with Crippen LogP contribution < -0.4 is 0 Å². The molecule has 0 atom stereocenters. The van der Waals surface area contributed by atoms with Gasteiger partial charge in [0.15, 0.2) is 10.8 Å². The Morgan fingerprint density at radius 1 is 1.57 bits per heavy atom. The molecule has 0 unspecified atom stereocenters. The van der Waals surface area contributed by atoms with E-state index < -0.39 is 0 Å². The third kappa shape index (κ3) is 1.69. The molecular weight excluding hydrogens is 198 g/mol. The molecule has 0 aliphatic heterocycles. The molecule has 4 nitrogen and oxygen atoms in total. The molecule has 74 valence electrons. The standard InChI is InChI=1S/C9H11N3OS/c1-12-4-3-10-8(12)9-11-7(5-13-2)6-14-9/h3-4,6H,5H2,1-2H3. The van der Waals surface area contributed by atoms with Crippen molar-refractivity contribution in [3.63, 3.8) is 0 Å². The molecule has 0 radical (unpaired) electrons. The average Bonchev–Trinajstić information content (AvgIpc) is 2.74. The zero-order valence-electron chi connectivity index (χ0n) is 8.10. The molecule has 0 aliphatic carbocycles. The van der Waals surface area contributed by atoms with E-state index in [1.807, 2.05) is 23.2 Å². The van der Waals surface area contributed by atoms with Crippen LogP contribution in [0.1, 0.15) is 5.69 Å². The van der Waals surface area contributed by atoms with Gasteiger partial charge in [0.25, 0.3) is 0 Å². The Hall–Kier alpha value is -1.20. The van der Waals surface area contributed by atoms with Crippen LogP contribution in [0.15, 0.2) is 17.8 Å². The molecule has 0 N–H and O–H groups in total. The van der Waals surface area contributed by atoms with E-state index in [1.165, 1.54) is 0 Å². The number of nitrogens with zero attached hydrogens (tertiary/aromatic N) is 3. The minimum absolute atomic E-state index is 0.556. The van der Waals surface area contributed by atoms with Gasteiger partial charge < -0.3 is 9.30 Å². The van der Waals surface area contributed by atoms with Crippen LogP contribution >= 0.6 is 11.3 Å². The van der Waals surface area contributed by atoms with Crippen molar-refractivity contribution >= 4 is 11.3 Å². The number of hydrogen-bond donors (Lipinski definition) is 0. The molecule has 0 saturated carbocycles. The summed E-state index contributed by atoms with van der Waals surface area (Å²) < 4.78 is 6.96. The topological polar surface area (TPSA) is 39.9 Å². The number of rotatable bonds is 3. The first-order valence-corrected chi connectivity index (χ1v) is 5.10. The lowest BCUT2D eigenvalue weighted by molar-refractivity contribution is 0.182. The summed E-state index contributed by atoms with van der Waals surface area (Å²) in [5.74, 6) is 0.900. The molecule has 0 amide bonds. The number of aryl methyl sites for hydroxylation is 1. The van der Waals surface area contributed by atoms with Gasteiger partial charge >= 0.3 is 0 Å². The molecule has 2 heterocycles. The van der Waals surface area contributed by atoms with Crippen molar-refractivity contribution in [3.8, 4) is 10.8 Å². The lowest BCUT2D eigenvalue weighted by Gasteiger charge is -1.95. The van der Waals surface area contributed by atoms with Gasteiger partial charge in [-0.1, -0.05) is 0 Å². The molecule has 0 saturated heterocycles. The fourth-order valence-corrected chi connectivity index (χ4v) is 2.04. The van der Waals surface area contributed by atoms with Gasteiger partial charge in [-0.25, -0.2) is 9.97 Å². The number of hydrogen-bond acceptors (Lipinski definition) is 4. The SMILES string of the molecule is COCc1csc(-c2nccn2C)n1. The molecular formula is C9H11N3OS. The maximum absolute atomic E-state index is 5.01. The Bertz CT molecular complexity index is 421. The zero-order chi connectivity index (χ0) is 9.97. The van der Waals surface area contributed by atoms with Crippen molar-refractivity contribution < 1.29 is 4.74 Å². The van der Waals surface area contributed by atoms with Crippen LogP contribution in [0.4, 0.5) is 0 Å². The van der Waals surface area contributed by atoms with Gasteiger partial charge in [0, 0.05) is 31.9 Å². The molecule has 0 spiro atoms. The largest absolute Gasteiger partial charge is 0.378 e. The molecule has 0 aliphatic rings. The average molecular weight is 209 g/mol. The second kappa shape index (κ2) is 3.89. The number of ether oxygens (including phenoxy) is 1. The summed E-state index contributed by atoms with van der Waals surface area (Å²) in [4.78, 5) is 8.64. The summed E-state index contributed by atoms with van der Waals surface area (Å²) >= 11 is 1.59. The second-order valence-electron chi connectivity index (χ2n) is 2.94. The van der Waals surface area contributed by atoms with Crippen LogP contribution in [0.2, 0.25) is 0 Å². The van der Waals surface area contributed by atoms with Gasteiger partial charge in [-0.2, -0.15) is 0 Å². The smallest absolute Gasteiger partial charge is 0.168 e. The van der Waals surface area contributed by atoms with Gasteiger partial charge in [0.1, 0.15) is 0 Å². The quantitative estimate of drug-likeness (QED) is 0.772. The van der Waals surface area contributed by atoms with Crippen molar-refractivity contribution in [2.45, 2.75) is 6.61 Å². The third-order valence-electron chi connectivity index (χ3n) is 1.86. The Labute approximate surface area is 86.2 Å². The van der Waals surface area contributed by atoms with E-state index in [4.69, 9.17) is 4.74 Å². The first-order valence-electron chi connectivity index (χ1n) is 4.22. The summed E-state index contributed by atoms with van der Waals surface area (Å²) in [7, 11) is 3.62. The second-order valence-corrected chi connectivity index (χ2v) is 3.80. The highest BCUT2D eigenvalue weighted by Gasteiger charge is 2.08. The number of aromatic nitrogens is 3. The molecule has 0 fully saturated rings. The lowest BCUT2D eigenvalue weighted by Crippen LogP contribution is -1.92. The van der Waals surface area contributed by atoms with E-state index in [0.29, 0.717) is 6.61 Å². The van der Waals surface area contributed by atoms with E-state index in [-0.39, 0.29) is 0 Å². The Morgan fingerprint density at radius 3 is 3.07 bits per heavy atom. The van der Waals surface area contributed by atoms with Crippen LogP contribution in [-0.2, 0) is 18.4 Å². The molecule has 2 aromatic rings. The van der Waals surface area contributed by atoms with Crippen LogP contribution in [-0.4, -0.2) is 21.6 Å². The van der Waals surface area contributed by atoms with E-state index in [1.54, 1.807) is 24.6 Å². The highest BCUT2D eigenvalue weighted by atomic mass is 32.1. The fourth-order valence-electron chi connectivity index (χ4n) is 1.20. The van der Waals surface area contributed by atoms with Crippen LogP contribution in [0.5, 0.6) is 0 Å². The number of methoxy groups -OCH3 is 1. The van der Waals surface area contributed by atoms with Gasteiger partial charge in [0.05, 0.1) is 12.3 Å². The van der Waals surface area contributed by atoms with Gasteiger partial charge in [-0.05, 0) is 0 Å². The molecule has 0 aromatic carbocycles. The maximum atomic E-state index is 5.01. The molecule has 2 aromatic heterocycles. The van der Waals surface area contributed by atoms with Crippen LogP contribution in [0, 0.1) is 0 Å². The highest BCUT2D eigenvalue weighted by Crippen LogP contribution is 2.21. The summed E-state index contributed by atoms with van der Waals surface area (Å²) in [5, 5.41) is 2.93. The van der Waals surface area contributed by atoms with Crippen molar-refractivity contribution in [2.24, 2.45) is 7.05 Å². The summed E-state index contributed by atoms with van der Waals surface area (Å²) in [6.07, 6.45) is 3.68. The van der Waals surface area contributed by atoms with Crippen molar-refractivity contribution in [1.82, 2.24) is 14.5 Å². The highest BCUT2D eigenvalue weighted by molar-refractivity contribution is 7.13. The molecule has 2 rings (SSSR count). The van der Waals surface area contributed by atoms with Crippen molar-refractivity contribution in [2.75, 3.05) is 7.11 Å². The number of thiazole rings is 1. The number of imidazole rings is 1. The van der Waals surface area contributed by atoms with Gasteiger partial charge in [-0.15, -0.1) is 11.3 Å². The minimum atomic E-state index is 0.556. The van der Waals surface area contributed by atoms with Crippen molar-refractivity contribution in [3.05, 3.63) is 23.5 Å². The monoisotopic (exact) mass is 209 g/mol. The summed E-state index contributed by atoms with van der Waals surface area (Å²) in [6, 6.07) is 0. The van der Waals surface area contributed by atoms with Gasteiger partial charge in [0.2, 0.25) is 0 Å². The Balaban J connectivity index is 2.29. The molecule has 5 heteroatoms. The Kier molecular flexibility index (Phi) is 2.60. The van der Waals surface area contributed by atoms with E-state index in [0.717, 1.165) is 16.5 Å². The van der Waals surface area contributed by atoms with E-state index in [9.17, 15) is 0 Å². The Morgan fingerprint density at radius 2 is 2.43 bits per heavy atom. The third-order valence-corrected chi connectivity index (χ3v) is 2.74. The van der Waals surface area contributed by atoms with E-state index in [2.05, 4.69) is 9.97 Å². The van der Waals surface area contributed by atoms with Crippen LogP contribution in [0.3, 0.4) is 0 Å². The predicted octanol–water partition coefficient (Wildman–Crippen LogP) is 1.69. The summed E-state index contributed by atoms with van der Waals surface area (Å²) in [5.41, 5.74) is 0.954. The van der Waals surface area contributed by atoms with E-state index >= 15 is 0 Å². The molecule has 0 bridgehead atoms. The lowest BCUT2D eigenvalue weighted by atomic mass is 10.5. The van der Waals surface area contributed by atoms with Gasteiger partial charge in [-0.3, -0.25) is 0 Å². The minimum Gasteiger partial charge on any atom is -0.378 e. The zero-order valence-corrected chi connectivity index (χ0v) is 8.91. The van der Waals surface area contributed by atoms with Crippen LogP contribution in [0.25, 0.3) is 10.8 Å².